The average Bonchev–Trinajstić information content (AvgIpc) is 3.18. The SMILES string of the molecule is Cc1nc(CN2C[C@@H]3OCC(NS(=O)(=O)c4ccccc4Cl)CO[C@H]3C2)cs1. The third-order valence-corrected chi connectivity index (χ3v) is 7.66. The lowest BCUT2D eigenvalue weighted by molar-refractivity contribution is -0.00461. The third-order valence-electron chi connectivity index (χ3n) is 4.81. The van der Waals surface area contributed by atoms with E-state index in [-0.39, 0.29) is 35.3 Å². The van der Waals surface area contributed by atoms with Crippen LogP contribution in [-0.4, -0.2) is 62.9 Å². The molecule has 1 aromatic heterocycles. The number of hydrogen-bond acceptors (Lipinski definition) is 7. The number of fused-ring (bicyclic) bond motifs is 1. The number of hydrogen-bond donors (Lipinski definition) is 1. The highest BCUT2D eigenvalue weighted by Gasteiger charge is 2.38. The number of sulfonamides is 1. The van der Waals surface area contributed by atoms with Crippen LogP contribution in [0.3, 0.4) is 0 Å². The van der Waals surface area contributed by atoms with E-state index in [1.807, 2.05) is 6.92 Å². The van der Waals surface area contributed by atoms with E-state index in [0.29, 0.717) is 0 Å². The van der Waals surface area contributed by atoms with Crippen molar-refractivity contribution < 1.29 is 17.9 Å². The van der Waals surface area contributed by atoms with Gasteiger partial charge in [-0.25, -0.2) is 18.1 Å². The third kappa shape index (κ3) is 4.56. The van der Waals surface area contributed by atoms with Crippen LogP contribution < -0.4 is 4.72 Å². The molecule has 0 spiro atoms. The van der Waals surface area contributed by atoms with Crippen molar-refractivity contribution in [3.8, 4) is 0 Å². The van der Waals surface area contributed by atoms with Crippen LogP contribution in [0.4, 0.5) is 0 Å². The second-order valence-electron chi connectivity index (χ2n) is 7.04. The first-order valence-corrected chi connectivity index (χ1v) is 11.8. The number of aromatic nitrogens is 1. The fourth-order valence-corrected chi connectivity index (χ4v) is 5.85. The van der Waals surface area contributed by atoms with Gasteiger partial charge in [-0.1, -0.05) is 23.7 Å². The van der Waals surface area contributed by atoms with Gasteiger partial charge in [-0.15, -0.1) is 11.3 Å². The topological polar surface area (TPSA) is 80.8 Å². The number of thiazole rings is 1. The van der Waals surface area contributed by atoms with Crippen LogP contribution >= 0.6 is 22.9 Å². The Balaban J connectivity index is 1.34. The lowest BCUT2D eigenvalue weighted by atomic mass is 10.3. The minimum atomic E-state index is -3.74. The maximum absolute atomic E-state index is 12.6. The average molecular weight is 444 g/mol. The summed E-state index contributed by atoms with van der Waals surface area (Å²) in [5.74, 6) is 0. The van der Waals surface area contributed by atoms with Gasteiger partial charge in [-0.05, 0) is 19.1 Å². The fourth-order valence-electron chi connectivity index (χ4n) is 3.52. The molecule has 28 heavy (non-hydrogen) atoms. The van der Waals surface area contributed by atoms with Gasteiger partial charge in [-0.3, -0.25) is 4.90 Å². The van der Waals surface area contributed by atoms with Crippen molar-refractivity contribution in [2.24, 2.45) is 0 Å². The molecular weight excluding hydrogens is 422 g/mol. The van der Waals surface area contributed by atoms with Crippen LogP contribution in [0.15, 0.2) is 34.5 Å². The van der Waals surface area contributed by atoms with Gasteiger partial charge in [-0.2, -0.15) is 0 Å². The van der Waals surface area contributed by atoms with Gasteiger partial charge >= 0.3 is 0 Å². The Morgan fingerprint density at radius 3 is 2.54 bits per heavy atom. The first kappa shape index (κ1) is 20.2. The molecule has 0 aliphatic carbocycles. The van der Waals surface area contributed by atoms with E-state index in [2.05, 4.69) is 20.0 Å². The molecular formula is C18H22ClN3O4S2. The van der Waals surface area contributed by atoms with Crippen molar-refractivity contribution in [2.75, 3.05) is 26.3 Å². The Morgan fingerprint density at radius 1 is 1.25 bits per heavy atom. The van der Waals surface area contributed by atoms with Gasteiger partial charge in [0.05, 0.1) is 47.2 Å². The monoisotopic (exact) mass is 443 g/mol. The summed E-state index contributed by atoms with van der Waals surface area (Å²) in [5.41, 5.74) is 1.06. The Kier molecular flexibility index (Phi) is 6.03. The van der Waals surface area contributed by atoms with Crippen LogP contribution in [0.5, 0.6) is 0 Å². The summed E-state index contributed by atoms with van der Waals surface area (Å²) in [6, 6.07) is 5.92. The van der Waals surface area contributed by atoms with Gasteiger partial charge in [0, 0.05) is 25.0 Å². The maximum Gasteiger partial charge on any atom is 0.242 e. The lowest BCUT2D eigenvalue weighted by Crippen LogP contribution is -2.41. The first-order valence-electron chi connectivity index (χ1n) is 9.04. The summed E-state index contributed by atoms with van der Waals surface area (Å²) >= 11 is 7.68. The van der Waals surface area contributed by atoms with Crippen molar-refractivity contribution in [3.05, 3.63) is 45.4 Å². The standard InChI is InChI=1S/C18H22ClN3O4S2/c1-12-20-13(11-27-12)6-22-7-16-17(8-22)26-10-14(9-25-16)21-28(23,24)18-5-3-2-4-15(18)19/h2-5,11,14,16-17,21H,6-10H2,1H3/t16-,17-/m0/s1. The largest absolute Gasteiger partial charge is 0.372 e. The number of ether oxygens (including phenoxy) is 2. The number of aryl methyl sites for hydroxylation is 1. The lowest BCUT2D eigenvalue weighted by Gasteiger charge is -2.19. The molecule has 2 saturated heterocycles. The van der Waals surface area contributed by atoms with Crippen molar-refractivity contribution in [3.63, 3.8) is 0 Å². The van der Waals surface area contributed by atoms with Gasteiger partial charge < -0.3 is 9.47 Å². The summed E-state index contributed by atoms with van der Waals surface area (Å²) in [4.78, 5) is 6.83. The molecule has 1 aromatic carbocycles. The quantitative estimate of drug-likeness (QED) is 0.761. The molecule has 10 heteroatoms. The van der Waals surface area contributed by atoms with Gasteiger partial charge in [0.2, 0.25) is 10.0 Å². The summed E-state index contributed by atoms with van der Waals surface area (Å²) in [5, 5.41) is 3.32. The zero-order valence-electron chi connectivity index (χ0n) is 15.4. The number of benzene rings is 1. The predicted molar refractivity (Wildman–Crippen MR) is 107 cm³/mol. The van der Waals surface area contributed by atoms with Gasteiger partial charge in [0.1, 0.15) is 4.90 Å². The molecule has 2 fully saturated rings. The molecule has 3 heterocycles. The second-order valence-corrected chi connectivity index (χ2v) is 10.2. The summed E-state index contributed by atoms with van der Waals surface area (Å²) in [6.07, 6.45) is -0.149. The molecule has 0 amide bonds. The Morgan fingerprint density at radius 2 is 1.93 bits per heavy atom. The number of halogens is 1. The summed E-state index contributed by atoms with van der Waals surface area (Å²) in [7, 11) is -3.74. The summed E-state index contributed by atoms with van der Waals surface area (Å²) in [6.45, 7) is 4.77. The second kappa shape index (κ2) is 8.35. The molecule has 1 N–H and O–H groups in total. The normalized spacial score (nSPS) is 24.2. The molecule has 2 aliphatic rings. The minimum Gasteiger partial charge on any atom is -0.372 e. The van der Waals surface area contributed by atoms with E-state index in [9.17, 15) is 8.42 Å². The van der Waals surface area contributed by atoms with Crippen LogP contribution in [0.1, 0.15) is 10.7 Å². The molecule has 152 valence electrons. The zero-order chi connectivity index (χ0) is 19.7. The minimum absolute atomic E-state index is 0.0610. The number of nitrogens with zero attached hydrogens (tertiary/aromatic N) is 2. The van der Waals surface area contributed by atoms with Crippen molar-refractivity contribution in [1.29, 1.82) is 0 Å². The predicted octanol–water partition coefficient (Wildman–Crippen LogP) is 2.05. The fraction of sp³-hybridized carbons (Fsp3) is 0.500. The van der Waals surface area contributed by atoms with E-state index in [4.69, 9.17) is 21.1 Å². The van der Waals surface area contributed by atoms with E-state index >= 15 is 0 Å². The molecule has 0 bridgehead atoms. The Hall–Kier alpha value is -1.07. The van der Waals surface area contributed by atoms with E-state index in [0.717, 1.165) is 30.3 Å². The van der Waals surface area contributed by atoms with Crippen molar-refractivity contribution in [1.82, 2.24) is 14.6 Å². The van der Waals surface area contributed by atoms with Crippen LogP contribution in [0, 0.1) is 6.92 Å². The van der Waals surface area contributed by atoms with E-state index < -0.39 is 16.1 Å². The van der Waals surface area contributed by atoms with E-state index in [1.165, 1.54) is 6.07 Å². The molecule has 0 unspecified atom stereocenters. The first-order chi connectivity index (χ1) is 13.4. The molecule has 4 rings (SSSR count). The zero-order valence-corrected chi connectivity index (χ0v) is 17.8. The van der Waals surface area contributed by atoms with Gasteiger partial charge in [0.15, 0.2) is 0 Å². The highest BCUT2D eigenvalue weighted by molar-refractivity contribution is 7.89. The molecule has 2 aliphatic heterocycles. The van der Waals surface area contributed by atoms with Crippen LogP contribution in [-0.2, 0) is 26.0 Å². The number of nitrogens with one attached hydrogen (secondary N) is 1. The number of rotatable bonds is 5. The van der Waals surface area contributed by atoms with E-state index in [1.54, 1.807) is 29.5 Å². The highest BCUT2D eigenvalue weighted by Crippen LogP contribution is 2.24. The smallest absolute Gasteiger partial charge is 0.242 e. The summed E-state index contributed by atoms with van der Waals surface area (Å²) < 4.78 is 39.8. The number of likely N-dealkylation sites (tertiary alicyclic amines) is 1. The van der Waals surface area contributed by atoms with Crippen LogP contribution in [0.25, 0.3) is 0 Å². The Labute approximate surface area is 173 Å². The molecule has 7 nitrogen and oxygen atoms in total. The highest BCUT2D eigenvalue weighted by atomic mass is 35.5. The van der Waals surface area contributed by atoms with Crippen molar-refractivity contribution >= 4 is 33.0 Å². The maximum atomic E-state index is 12.6. The van der Waals surface area contributed by atoms with Crippen LogP contribution in [0.2, 0.25) is 5.02 Å². The molecule has 2 atom stereocenters. The molecule has 0 radical (unpaired) electrons. The molecule has 0 saturated carbocycles. The Bertz CT molecular complexity index is 920. The van der Waals surface area contributed by atoms with Crippen molar-refractivity contribution in [2.45, 2.75) is 36.6 Å². The van der Waals surface area contributed by atoms with Gasteiger partial charge in [0.25, 0.3) is 0 Å². The molecule has 2 aromatic rings.